The van der Waals surface area contributed by atoms with Crippen molar-refractivity contribution in [2.45, 2.75) is 76.1 Å². The fraction of sp³-hybridized carbons (Fsp3) is 0.609. The van der Waals surface area contributed by atoms with Gasteiger partial charge in [-0.05, 0) is 56.1 Å². The Morgan fingerprint density at radius 1 is 1.07 bits per heavy atom. The van der Waals surface area contributed by atoms with E-state index >= 15 is 0 Å². The van der Waals surface area contributed by atoms with Gasteiger partial charge in [0.05, 0.1) is 17.8 Å². The molecular formula is C23H31FO5. The molecule has 0 bridgehead atoms. The van der Waals surface area contributed by atoms with E-state index < -0.39 is 30.1 Å². The molecule has 0 amide bonds. The standard InChI is InChI=1S/C23H31FO5/c24-20-9-6-5-7-16(20)11-12-17(25)13-14-19-18(21(26)15-22(19)27)8-3-1-2-4-10-23(28)29/h5-7,9,17-19,21-22,25-27H,1-4,8,10,13-15H2,(H,28,29)/t17-,18+,19+,21-,22+/m0/s1. The Morgan fingerprint density at radius 3 is 2.41 bits per heavy atom. The van der Waals surface area contributed by atoms with Gasteiger partial charge >= 0.3 is 5.97 Å². The predicted octanol–water partition coefficient (Wildman–Crippen LogP) is 3.10. The minimum atomic E-state index is -0.920. The summed E-state index contributed by atoms with van der Waals surface area (Å²) in [6.45, 7) is 0. The van der Waals surface area contributed by atoms with Gasteiger partial charge < -0.3 is 20.4 Å². The second-order valence-electron chi connectivity index (χ2n) is 7.89. The number of aliphatic hydroxyl groups is 3. The highest BCUT2D eigenvalue weighted by Crippen LogP contribution is 2.39. The van der Waals surface area contributed by atoms with Gasteiger partial charge in [-0.1, -0.05) is 43.2 Å². The summed E-state index contributed by atoms with van der Waals surface area (Å²) in [6, 6.07) is 6.13. The molecule has 0 aromatic heterocycles. The summed E-state index contributed by atoms with van der Waals surface area (Å²) >= 11 is 0. The third kappa shape index (κ3) is 7.77. The van der Waals surface area contributed by atoms with Crippen LogP contribution in [0.15, 0.2) is 24.3 Å². The molecule has 1 aromatic rings. The summed E-state index contributed by atoms with van der Waals surface area (Å²) in [5, 5.41) is 39.4. The molecule has 0 heterocycles. The van der Waals surface area contributed by atoms with Crippen molar-refractivity contribution in [1.29, 1.82) is 0 Å². The SMILES string of the molecule is O=C(O)CCCCCC[C@@H]1[C@@H](CC[C@@H](O)C#Cc2ccccc2F)[C@H](O)C[C@@H]1O. The summed E-state index contributed by atoms with van der Waals surface area (Å²) in [5.74, 6) is 3.96. The Bertz CT molecular complexity index is 711. The highest BCUT2D eigenvalue weighted by Gasteiger charge is 2.40. The van der Waals surface area contributed by atoms with Gasteiger partial charge in [0, 0.05) is 6.42 Å². The smallest absolute Gasteiger partial charge is 0.303 e. The maximum Gasteiger partial charge on any atom is 0.303 e. The summed E-state index contributed by atoms with van der Waals surface area (Å²) in [7, 11) is 0. The monoisotopic (exact) mass is 406 g/mol. The molecule has 1 aliphatic rings. The highest BCUT2D eigenvalue weighted by molar-refractivity contribution is 5.66. The fourth-order valence-corrected chi connectivity index (χ4v) is 4.14. The van der Waals surface area contributed by atoms with Crippen LogP contribution in [0.5, 0.6) is 0 Å². The first-order chi connectivity index (χ1) is 13.9. The Kier molecular flexibility index (Phi) is 9.59. The second-order valence-corrected chi connectivity index (χ2v) is 7.89. The van der Waals surface area contributed by atoms with Gasteiger partial charge in [0.25, 0.3) is 0 Å². The minimum Gasteiger partial charge on any atom is -0.481 e. The Morgan fingerprint density at radius 2 is 1.72 bits per heavy atom. The maximum absolute atomic E-state index is 13.6. The molecule has 1 aromatic carbocycles. The van der Waals surface area contributed by atoms with Gasteiger partial charge in [-0.25, -0.2) is 4.39 Å². The number of hydrogen-bond donors (Lipinski definition) is 4. The van der Waals surface area contributed by atoms with E-state index in [-0.39, 0.29) is 23.8 Å². The number of carboxylic acids is 1. The Labute approximate surface area is 171 Å². The summed E-state index contributed by atoms with van der Waals surface area (Å²) in [5.41, 5.74) is 0.239. The number of hydrogen-bond acceptors (Lipinski definition) is 4. The van der Waals surface area contributed by atoms with Crippen LogP contribution in [0.4, 0.5) is 4.39 Å². The van der Waals surface area contributed by atoms with Crippen LogP contribution in [0.3, 0.4) is 0 Å². The van der Waals surface area contributed by atoms with E-state index in [2.05, 4.69) is 11.8 Å². The lowest BCUT2D eigenvalue weighted by atomic mass is 9.85. The molecular weight excluding hydrogens is 375 g/mol. The van der Waals surface area contributed by atoms with E-state index in [0.717, 1.165) is 25.7 Å². The molecule has 0 unspecified atom stereocenters. The van der Waals surface area contributed by atoms with E-state index in [1.165, 1.54) is 6.07 Å². The van der Waals surface area contributed by atoms with Crippen LogP contribution < -0.4 is 0 Å². The topological polar surface area (TPSA) is 98.0 Å². The minimum absolute atomic E-state index is 0.0313. The van der Waals surface area contributed by atoms with E-state index in [4.69, 9.17) is 5.11 Å². The molecule has 0 saturated heterocycles. The van der Waals surface area contributed by atoms with Crippen molar-refractivity contribution in [2.24, 2.45) is 11.8 Å². The quantitative estimate of drug-likeness (QED) is 0.354. The number of carboxylic acid groups (broad SMARTS) is 1. The molecule has 1 saturated carbocycles. The zero-order chi connectivity index (χ0) is 21.2. The van der Waals surface area contributed by atoms with Gasteiger partial charge in [0.15, 0.2) is 0 Å². The molecule has 2 rings (SSSR count). The van der Waals surface area contributed by atoms with E-state index in [0.29, 0.717) is 25.7 Å². The zero-order valence-corrected chi connectivity index (χ0v) is 16.6. The average molecular weight is 406 g/mol. The number of unbranched alkanes of at least 4 members (excludes halogenated alkanes) is 3. The lowest BCUT2D eigenvalue weighted by Crippen LogP contribution is -2.23. The largest absolute Gasteiger partial charge is 0.481 e. The average Bonchev–Trinajstić information content (AvgIpc) is 2.94. The molecule has 6 heteroatoms. The Hall–Kier alpha value is -1.94. The molecule has 0 aliphatic heterocycles. The summed E-state index contributed by atoms with van der Waals surface area (Å²) in [6.07, 6.45) is 3.36. The van der Waals surface area contributed by atoms with Crippen molar-refractivity contribution in [3.05, 3.63) is 35.6 Å². The molecule has 5 nitrogen and oxygen atoms in total. The molecule has 0 spiro atoms. The summed E-state index contributed by atoms with van der Waals surface area (Å²) in [4.78, 5) is 10.5. The molecule has 0 radical (unpaired) electrons. The van der Waals surface area contributed by atoms with Gasteiger partial charge in [0.1, 0.15) is 11.9 Å². The zero-order valence-electron chi connectivity index (χ0n) is 16.6. The van der Waals surface area contributed by atoms with E-state index in [9.17, 15) is 24.5 Å². The summed E-state index contributed by atoms with van der Waals surface area (Å²) < 4.78 is 13.6. The van der Waals surface area contributed by atoms with Gasteiger partial charge in [-0.3, -0.25) is 4.79 Å². The molecule has 29 heavy (non-hydrogen) atoms. The number of rotatable bonds is 10. The van der Waals surface area contributed by atoms with Gasteiger partial charge in [0.2, 0.25) is 0 Å². The number of aliphatic carboxylic acids is 1. The second kappa shape index (κ2) is 11.9. The van der Waals surface area contributed by atoms with Crippen LogP contribution in [0.2, 0.25) is 0 Å². The first-order valence-electron chi connectivity index (χ1n) is 10.4. The van der Waals surface area contributed by atoms with Crippen LogP contribution in [-0.2, 0) is 4.79 Å². The van der Waals surface area contributed by atoms with Crippen LogP contribution in [0, 0.1) is 29.5 Å². The lowest BCUT2D eigenvalue weighted by Gasteiger charge is -2.24. The van der Waals surface area contributed by atoms with E-state index in [1.54, 1.807) is 18.2 Å². The van der Waals surface area contributed by atoms with Crippen LogP contribution >= 0.6 is 0 Å². The van der Waals surface area contributed by atoms with Crippen molar-refractivity contribution < 1.29 is 29.6 Å². The van der Waals surface area contributed by atoms with Crippen LogP contribution in [0.1, 0.15) is 63.4 Å². The third-order valence-corrected chi connectivity index (χ3v) is 5.72. The first-order valence-corrected chi connectivity index (χ1v) is 10.4. The van der Waals surface area contributed by atoms with Crippen molar-refractivity contribution in [2.75, 3.05) is 0 Å². The number of halogens is 1. The Balaban J connectivity index is 1.79. The molecule has 1 fully saturated rings. The molecule has 4 N–H and O–H groups in total. The third-order valence-electron chi connectivity index (χ3n) is 5.72. The lowest BCUT2D eigenvalue weighted by molar-refractivity contribution is -0.137. The van der Waals surface area contributed by atoms with Crippen LogP contribution in [-0.4, -0.2) is 44.7 Å². The predicted molar refractivity (Wildman–Crippen MR) is 107 cm³/mol. The van der Waals surface area contributed by atoms with Gasteiger partial charge in [-0.15, -0.1) is 0 Å². The number of benzene rings is 1. The number of aliphatic hydroxyl groups excluding tert-OH is 3. The van der Waals surface area contributed by atoms with Crippen LogP contribution in [0.25, 0.3) is 0 Å². The van der Waals surface area contributed by atoms with Crippen molar-refractivity contribution in [1.82, 2.24) is 0 Å². The normalized spacial score (nSPS) is 24.7. The molecule has 160 valence electrons. The highest BCUT2D eigenvalue weighted by atomic mass is 19.1. The molecule has 1 aliphatic carbocycles. The van der Waals surface area contributed by atoms with Crippen molar-refractivity contribution in [3.8, 4) is 11.8 Å². The fourth-order valence-electron chi connectivity index (χ4n) is 4.14. The van der Waals surface area contributed by atoms with Crippen molar-refractivity contribution in [3.63, 3.8) is 0 Å². The first kappa shape index (κ1) is 23.3. The van der Waals surface area contributed by atoms with E-state index in [1.807, 2.05) is 0 Å². The number of carbonyl (C=O) groups is 1. The van der Waals surface area contributed by atoms with Crippen molar-refractivity contribution >= 4 is 5.97 Å². The molecule has 5 atom stereocenters. The van der Waals surface area contributed by atoms with Gasteiger partial charge in [-0.2, -0.15) is 0 Å². The maximum atomic E-state index is 13.6.